The summed E-state index contributed by atoms with van der Waals surface area (Å²) < 4.78 is 8.98. The predicted molar refractivity (Wildman–Crippen MR) is 150 cm³/mol. The Balaban J connectivity index is 1.70. The van der Waals surface area contributed by atoms with Crippen molar-refractivity contribution in [1.82, 2.24) is 0 Å². The number of nitrogens with zero attached hydrogens (tertiary/aromatic N) is 1. The lowest BCUT2D eigenvalue weighted by molar-refractivity contribution is -0.477. The topological polar surface area (TPSA) is 12.2 Å². The molecule has 1 aliphatic heterocycles. The van der Waals surface area contributed by atoms with Gasteiger partial charge in [0, 0.05) is 22.1 Å². The zero-order valence-corrected chi connectivity index (χ0v) is 22.0. The van der Waals surface area contributed by atoms with Gasteiger partial charge in [-0.2, -0.15) is 4.58 Å². The van der Waals surface area contributed by atoms with Crippen molar-refractivity contribution < 1.29 is 9.31 Å². The molecule has 0 aliphatic carbocycles. The van der Waals surface area contributed by atoms with Gasteiger partial charge in [0.15, 0.2) is 6.21 Å². The van der Waals surface area contributed by atoms with Gasteiger partial charge in [-0.05, 0) is 36.0 Å². The Morgan fingerprint density at radius 3 is 1.72 bits per heavy atom. The Bertz CT molecular complexity index is 1320. The smallest absolute Gasteiger partial charge is 0.292 e. The third kappa shape index (κ3) is 4.15. The van der Waals surface area contributed by atoms with Crippen molar-refractivity contribution >= 4 is 11.9 Å². The Labute approximate surface area is 215 Å². The molecule has 0 saturated carbocycles. The first-order valence-corrected chi connectivity index (χ1v) is 13.0. The van der Waals surface area contributed by atoms with Crippen LogP contribution in [-0.4, -0.2) is 17.5 Å². The summed E-state index contributed by atoms with van der Waals surface area (Å²) in [5.41, 5.74) is 8.47. The summed E-state index contributed by atoms with van der Waals surface area (Å²) in [6.45, 7) is 11.9. The van der Waals surface area contributed by atoms with Crippen LogP contribution in [0.15, 0.2) is 97.1 Å². The van der Waals surface area contributed by atoms with Gasteiger partial charge in [0.2, 0.25) is 5.69 Å². The average Bonchev–Trinajstić information content (AvgIpc) is 2.92. The van der Waals surface area contributed by atoms with E-state index in [1.54, 1.807) is 0 Å². The van der Waals surface area contributed by atoms with E-state index in [1.807, 2.05) is 0 Å². The van der Waals surface area contributed by atoms with Crippen LogP contribution in [0.4, 0.5) is 5.69 Å². The van der Waals surface area contributed by atoms with Crippen LogP contribution in [0.25, 0.3) is 0 Å². The SMILES string of the molecule is CC(C)c1cccc(C(C)C)c1[N+]1=Cc2cccc(C(C)(c3ccccc3)c3ccccc3)c2OC1. The van der Waals surface area contributed by atoms with Crippen molar-refractivity contribution in [3.63, 3.8) is 0 Å². The summed E-state index contributed by atoms with van der Waals surface area (Å²) in [4.78, 5) is 0. The van der Waals surface area contributed by atoms with Crippen LogP contribution < -0.4 is 4.74 Å². The van der Waals surface area contributed by atoms with Gasteiger partial charge in [-0.1, -0.05) is 119 Å². The Kier molecular flexibility index (Phi) is 6.53. The number of para-hydroxylation sites is 2. The lowest BCUT2D eigenvalue weighted by Gasteiger charge is -2.34. The van der Waals surface area contributed by atoms with Crippen LogP contribution in [0, 0.1) is 0 Å². The maximum absolute atomic E-state index is 6.67. The minimum absolute atomic E-state index is 0.344. The molecule has 0 fully saturated rings. The van der Waals surface area contributed by atoms with E-state index in [4.69, 9.17) is 4.74 Å². The van der Waals surface area contributed by atoms with Gasteiger partial charge in [0.1, 0.15) is 5.75 Å². The molecule has 1 heterocycles. The van der Waals surface area contributed by atoms with E-state index in [9.17, 15) is 0 Å². The van der Waals surface area contributed by atoms with Crippen molar-refractivity contribution in [2.75, 3.05) is 6.73 Å². The molecule has 1 aliphatic rings. The standard InChI is InChI=1S/C34H36NO/c1-24(2)29-19-13-20-30(25(3)4)32(29)35-22-26-14-12-21-31(33(26)36-23-35)34(5,27-15-8-6-9-16-27)28-17-10-7-11-18-28/h6-22,24-25H,23H2,1-5H3/q+1. The predicted octanol–water partition coefficient (Wildman–Crippen LogP) is 8.40. The Morgan fingerprint density at radius 1 is 0.667 bits per heavy atom. The number of hydrogen-bond donors (Lipinski definition) is 0. The van der Waals surface area contributed by atoms with Crippen molar-refractivity contribution in [1.29, 1.82) is 0 Å². The fourth-order valence-corrected chi connectivity index (χ4v) is 5.54. The first kappa shape index (κ1) is 24.1. The molecular weight excluding hydrogens is 438 g/mol. The third-order valence-corrected chi connectivity index (χ3v) is 7.56. The molecule has 36 heavy (non-hydrogen) atoms. The second-order valence-corrected chi connectivity index (χ2v) is 10.5. The summed E-state index contributed by atoms with van der Waals surface area (Å²) in [5, 5.41) is 0. The number of fused-ring (bicyclic) bond motifs is 1. The number of benzene rings is 4. The molecule has 0 atom stereocenters. The lowest BCUT2D eigenvalue weighted by Crippen LogP contribution is -2.29. The highest BCUT2D eigenvalue weighted by Gasteiger charge is 2.37. The highest BCUT2D eigenvalue weighted by atomic mass is 16.5. The average molecular weight is 475 g/mol. The minimum Gasteiger partial charge on any atom is -0.435 e. The largest absolute Gasteiger partial charge is 0.435 e. The number of rotatable bonds is 6. The van der Waals surface area contributed by atoms with Crippen LogP contribution in [0.1, 0.15) is 79.8 Å². The van der Waals surface area contributed by atoms with E-state index >= 15 is 0 Å². The maximum Gasteiger partial charge on any atom is 0.292 e. The summed E-state index contributed by atoms with van der Waals surface area (Å²) in [6, 6.07) is 34.8. The van der Waals surface area contributed by atoms with E-state index in [1.165, 1.54) is 33.5 Å². The minimum atomic E-state index is -0.344. The summed E-state index contributed by atoms with van der Waals surface area (Å²) >= 11 is 0. The summed E-state index contributed by atoms with van der Waals surface area (Å²) in [5.74, 6) is 1.83. The van der Waals surface area contributed by atoms with Crippen molar-refractivity contribution in [2.24, 2.45) is 0 Å². The first-order valence-electron chi connectivity index (χ1n) is 13.0. The van der Waals surface area contributed by atoms with E-state index in [-0.39, 0.29) is 5.41 Å². The molecule has 0 bridgehead atoms. The van der Waals surface area contributed by atoms with E-state index in [0.29, 0.717) is 18.6 Å². The molecular formula is C34H36NO+. The van der Waals surface area contributed by atoms with E-state index in [2.05, 4.69) is 142 Å². The van der Waals surface area contributed by atoms with Crippen LogP contribution in [0.2, 0.25) is 0 Å². The van der Waals surface area contributed by atoms with Gasteiger partial charge in [0.05, 0.1) is 5.56 Å². The number of ether oxygens (including phenoxy) is 1. The molecule has 0 aromatic heterocycles. The first-order chi connectivity index (χ1) is 17.4. The van der Waals surface area contributed by atoms with E-state index in [0.717, 1.165) is 11.3 Å². The van der Waals surface area contributed by atoms with Crippen molar-refractivity contribution in [2.45, 2.75) is 51.9 Å². The zero-order valence-electron chi connectivity index (χ0n) is 22.0. The molecule has 4 aromatic rings. The maximum atomic E-state index is 6.67. The fraction of sp³-hybridized carbons (Fsp3) is 0.265. The van der Waals surface area contributed by atoms with E-state index < -0.39 is 0 Å². The molecule has 0 spiro atoms. The molecule has 0 radical (unpaired) electrons. The Hall–Kier alpha value is -3.65. The molecule has 2 heteroatoms. The Morgan fingerprint density at radius 2 is 1.19 bits per heavy atom. The monoisotopic (exact) mass is 474 g/mol. The highest BCUT2D eigenvalue weighted by molar-refractivity contribution is 5.83. The quantitative estimate of drug-likeness (QED) is 0.202. The van der Waals surface area contributed by atoms with Gasteiger partial charge < -0.3 is 4.74 Å². The van der Waals surface area contributed by atoms with Gasteiger partial charge in [-0.25, -0.2) is 0 Å². The second-order valence-electron chi connectivity index (χ2n) is 10.5. The highest BCUT2D eigenvalue weighted by Crippen LogP contribution is 2.45. The summed E-state index contributed by atoms with van der Waals surface area (Å²) in [7, 11) is 0. The second kappa shape index (κ2) is 9.78. The van der Waals surface area contributed by atoms with Gasteiger partial charge in [0.25, 0.3) is 6.73 Å². The van der Waals surface area contributed by atoms with Crippen molar-refractivity contribution in [3.05, 3.63) is 130 Å². The molecule has 5 rings (SSSR count). The lowest BCUT2D eigenvalue weighted by atomic mass is 9.70. The van der Waals surface area contributed by atoms with Crippen LogP contribution in [0.5, 0.6) is 5.75 Å². The third-order valence-electron chi connectivity index (χ3n) is 7.56. The van der Waals surface area contributed by atoms with Crippen LogP contribution >= 0.6 is 0 Å². The molecule has 0 amide bonds. The van der Waals surface area contributed by atoms with Crippen molar-refractivity contribution in [3.8, 4) is 5.75 Å². The fourth-order valence-electron chi connectivity index (χ4n) is 5.54. The number of hydrogen-bond acceptors (Lipinski definition) is 1. The molecule has 0 N–H and O–H groups in total. The molecule has 0 saturated heterocycles. The molecule has 0 unspecified atom stereocenters. The van der Waals surface area contributed by atoms with Gasteiger partial charge in [-0.15, -0.1) is 0 Å². The van der Waals surface area contributed by atoms with Crippen LogP contribution in [-0.2, 0) is 5.41 Å². The normalized spacial score (nSPS) is 13.4. The van der Waals surface area contributed by atoms with Crippen LogP contribution in [0.3, 0.4) is 0 Å². The summed E-state index contributed by atoms with van der Waals surface area (Å²) in [6.07, 6.45) is 2.28. The van der Waals surface area contributed by atoms with Gasteiger partial charge in [-0.3, -0.25) is 0 Å². The molecule has 182 valence electrons. The zero-order chi connectivity index (χ0) is 25.3. The molecule has 4 aromatic carbocycles. The van der Waals surface area contributed by atoms with Gasteiger partial charge >= 0.3 is 0 Å². The molecule has 2 nitrogen and oxygen atoms in total.